The lowest BCUT2D eigenvalue weighted by atomic mass is 9.95. The van der Waals surface area contributed by atoms with Crippen molar-refractivity contribution in [2.45, 2.75) is 26.8 Å². The molecule has 34 heavy (non-hydrogen) atoms. The molecule has 9 heteroatoms. The first-order chi connectivity index (χ1) is 16.3. The van der Waals surface area contributed by atoms with Crippen LogP contribution in [0.3, 0.4) is 0 Å². The minimum absolute atomic E-state index is 0.0984. The molecule has 0 saturated carbocycles. The molecule has 1 unspecified atom stereocenters. The molecule has 2 aromatic rings. The number of hydrogen-bond acceptors (Lipinski definition) is 7. The van der Waals surface area contributed by atoms with Gasteiger partial charge in [-0.2, -0.15) is 0 Å². The zero-order valence-corrected chi connectivity index (χ0v) is 19.6. The maximum Gasteiger partial charge on any atom is 0.295 e. The van der Waals surface area contributed by atoms with Gasteiger partial charge in [0.2, 0.25) is 0 Å². The van der Waals surface area contributed by atoms with Crippen LogP contribution in [0, 0.1) is 10.1 Å². The van der Waals surface area contributed by atoms with E-state index in [2.05, 4.69) is 4.90 Å². The van der Waals surface area contributed by atoms with Gasteiger partial charge < -0.3 is 19.6 Å². The summed E-state index contributed by atoms with van der Waals surface area (Å²) in [7, 11) is 0. The topological polar surface area (TPSA) is 113 Å². The van der Waals surface area contributed by atoms with Crippen LogP contribution >= 0.6 is 0 Å². The fourth-order valence-corrected chi connectivity index (χ4v) is 4.11. The van der Waals surface area contributed by atoms with Crippen molar-refractivity contribution in [3.8, 4) is 5.75 Å². The van der Waals surface area contributed by atoms with Gasteiger partial charge in [-0.3, -0.25) is 19.7 Å². The number of non-ortho nitro benzene ring substituents is 1. The number of amides is 1. The van der Waals surface area contributed by atoms with Gasteiger partial charge in [0.25, 0.3) is 17.4 Å². The summed E-state index contributed by atoms with van der Waals surface area (Å²) in [4.78, 5) is 40.6. The van der Waals surface area contributed by atoms with Gasteiger partial charge in [0.1, 0.15) is 11.5 Å². The van der Waals surface area contributed by atoms with Crippen LogP contribution in [0.2, 0.25) is 0 Å². The van der Waals surface area contributed by atoms with Gasteiger partial charge >= 0.3 is 0 Å². The number of carbonyl (C=O) groups excluding carboxylic acids is 2. The fraction of sp³-hybridized carbons (Fsp3) is 0.360. The molecule has 180 valence electrons. The lowest BCUT2D eigenvalue weighted by Gasteiger charge is -2.28. The molecule has 1 aliphatic heterocycles. The molecule has 1 saturated heterocycles. The van der Waals surface area contributed by atoms with E-state index in [1.807, 2.05) is 20.8 Å². The van der Waals surface area contributed by atoms with Crippen molar-refractivity contribution in [1.82, 2.24) is 9.80 Å². The van der Waals surface area contributed by atoms with E-state index in [4.69, 9.17) is 4.74 Å². The third kappa shape index (κ3) is 5.09. The second kappa shape index (κ2) is 10.9. The number of benzene rings is 2. The molecule has 0 aromatic heterocycles. The molecule has 1 amide bonds. The number of likely N-dealkylation sites (N-methyl/N-ethyl adjacent to an activating group) is 1. The molecule has 1 heterocycles. The van der Waals surface area contributed by atoms with E-state index >= 15 is 0 Å². The molecular weight excluding hydrogens is 438 g/mol. The second-order valence-corrected chi connectivity index (χ2v) is 7.83. The number of ketones is 1. The highest BCUT2D eigenvalue weighted by atomic mass is 16.6. The SMILES string of the molecule is CCOc1cccc(C(O)=C2C(=O)C(=O)N(CCN(CC)CC)C2c2cccc([N+](=O)[O-])c2)c1. The predicted molar refractivity (Wildman–Crippen MR) is 128 cm³/mol. The molecule has 3 rings (SSSR count). The number of nitro groups is 1. The molecule has 0 spiro atoms. The highest BCUT2D eigenvalue weighted by Gasteiger charge is 2.46. The Morgan fingerprint density at radius 1 is 1.12 bits per heavy atom. The summed E-state index contributed by atoms with van der Waals surface area (Å²) in [5, 5.41) is 22.6. The Labute approximate surface area is 198 Å². The molecule has 0 radical (unpaired) electrons. The zero-order chi connectivity index (χ0) is 24.8. The predicted octanol–water partition coefficient (Wildman–Crippen LogP) is 3.76. The maximum atomic E-state index is 13.1. The summed E-state index contributed by atoms with van der Waals surface area (Å²) in [5.74, 6) is -1.41. The average Bonchev–Trinajstić information content (AvgIpc) is 3.09. The third-order valence-corrected chi connectivity index (χ3v) is 5.91. The Balaban J connectivity index is 2.14. The number of ether oxygens (including phenoxy) is 1. The first-order valence-electron chi connectivity index (χ1n) is 11.3. The van der Waals surface area contributed by atoms with E-state index < -0.39 is 22.7 Å². The van der Waals surface area contributed by atoms with Gasteiger partial charge in [0.15, 0.2) is 0 Å². The van der Waals surface area contributed by atoms with E-state index in [1.165, 1.54) is 23.1 Å². The number of aliphatic hydroxyl groups is 1. The average molecular weight is 468 g/mol. The van der Waals surface area contributed by atoms with Gasteiger partial charge in [-0.05, 0) is 37.7 Å². The van der Waals surface area contributed by atoms with Crippen molar-refractivity contribution in [2.24, 2.45) is 0 Å². The van der Waals surface area contributed by atoms with Gasteiger partial charge in [0, 0.05) is 30.8 Å². The van der Waals surface area contributed by atoms with Crippen LogP contribution in [0.1, 0.15) is 37.9 Å². The molecule has 1 atom stereocenters. The minimum Gasteiger partial charge on any atom is -0.507 e. The van der Waals surface area contributed by atoms with Crippen molar-refractivity contribution in [2.75, 3.05) is 32.8 Å². The standard InChI is InChI=1S/C25H29N3O6/c1-4-26(5-2)13-14-27-22(17-9-7-11-19(15-17)28(32)33)21(24(30)25(27)31)23(29)18-10-8-12-20(16-18)34-6-3/h7-12,15-16,22,29H,4-6,13-14H2,1-3H3. The number of aliphatic hydroxyl groups excluding tert-OH is 1. The number of nitro benzene ring substituents is 1. The Hall–Kier alpha value is -3.72. The first-order valence-corrected chi connectivity index (χ1v) is 11.3. The van der Waals surface area contributed by atoms with Gasteiger partial charge in [0.05, 0.1) is 23.1 Å². The second-order valence-electron chi connectivity index (χ2n) is 7.83. The molecule has 0 bridgehead atoms. The maximum absolute atomic E-state index is 13.1. The molecule has 1 N–H and O–H groups in total. The quantitative estimate of drug-likeness (QED) is 0.186. The van der Waals surface area contributed by atoms with Crippen molar-refractivity contribution >= 4 is 23.1 Å². The number of nitrogens with zero attached hydrogens (tertiary/aromatic N) is 3. The fourth-order valence-electron chi connectivity index (χ4n) is 4.11. The number of Topliss-reactive ketones (excluding diaryl/α,β-unsaturated/α-hetero) is 1. The third-order valence-electron chi connectivity index (χ3n) is 5.91. The van der Waals surface area contributed by atoms with Crippen molar-refractivity contribution < 1.29 is 24.4 Å². The molecule has 1 aliphatic rings. The Kier molecular flexibility index (Phi) is 8.01. The summed E-state index contributed by atoms with van der Waals surface area (Å²) in [6, 6.07) is 11.5. The summed E-state index contributed by atoms with van der Waals surface area (Å²) in [5.41, 5.74) is 0.447. The van der Waals surface area contributed by atoms with Gasteiger partial charge in [-0.1, -0.05) is 38.1 Å². The first kappa shape index (κ1) is 24.9. The number of likely N-dealkylation sites (tertiary alicyclic amines) is 1. The van der Waals surface area contributed by atoms with Crippen LogP contribution in [0.25, 0.3) is 5.76 Å². The van der Waals surface area contributed by atoms with E-state index in [-0.39, 0.29) is 23.6 Å². The highest BCUT2D eigenvalue weighted by molar-refractivity contribution is 6.46. The number of carbonyl (C=O) groups is 2. The van der Waals surface area contributed by atoms with Crippen molar-refractivity contribution in [1.29, 1.82) is 0 Å². The van der Waals surface area contributed by atoms with Crippen LogP contribution in [-0.2, 0) is 9.59 Å². The van der Waals surface area contributed by atoms with Crippen LogP contribution in [0.15, 0.2) is 54.1 Å². The lowest BCUT2D eigenvalue weighted by Crippen LogP contribution is -2.38. The molecule has 1 fully saturated rings. The van der Waals surface area contributed by atoms with E-state index in [0.29, 0.717) is 30.0 Å². The molecule has 9 nitrogen and oxygen atoms in total. The van der Waals surface area contributed by atoms with Crippen molar-refractivity contribution in [3.05, 3.63) is 75.3 Å². The summed E-state index contributed by atoms with van der Waals surface area (Å²) >= 11 is 0. The van der Waals surface area contributed by atoms with Crippen LogP contribution < -0.4 is 4.74 Å². The largest absolute Gasteiger partial charge is 0.507 e. The van der Waals surface area contributed by atoms with E-state index in [1.54, 1.807) is 30.3 Å². The lowest BCUT2D eigenvalue weighted by molar-refractivity contribution is -0.384. The normalized spacial score (nSPS) is 17.4. The van der Waals surface area contributed by atoms with E-state index in [0.717, 1.165) is 13.1 Å². The Morgan fingerprint density at radius 3 is 2.47 bits per heavy atom. The molecular formula is C25H29N3O6. The molecule has 2 aromatic carbocycles. The summed E-state index contributed by atoms with van der Waals surface area (Å²) in [6.45, 7) is 8.55. The monoisotopic (exact) mass is 467 g/mol. The van der Waals surface area contributed by atoms with Crippen LogP contribution in [-0.4, -0.2) is 64.3 Å². The van der Waals surface area contributed by atoms with E-state index in [9.17, 15) is 24.8 Å². The minimum atomic E-state index is -0.953. The summed E-state index contributed by atoms with van der Waals surface area (Å²) < 4.78 is 5.50. The van der Waals surface area contributed by atoms with Gasteiger partial charge in [-0.25, -0.2) is 0 Å². The van der Waals surface area contributed by atoms with Crippen molar-refractivity contribution in [3.63, 3.8) is 0 Å². The Bertz CT molecular complexity index is 1110. The Morgan fingerprint density at radius 2 is 1.82 bits per heavy atom. The number of hydrogen-bond donors (Lipinski definition) is 1. The molecule has 0 aliphatic carbocycles. The highest BCUT2D eigenvalue weighted by Crippen LogP contribution is 2.40. The smallest absolute Gasteiger partial charge is 0.295 e. The zero-order valence-electron chi connectivity index (χ0n) is 19.6. The summed E-state index contributed by atoms with van der Waals surface area (Å²) in [6.07, 6.45) is 0. The number of rotatable bonds is 10. The van der Waals surface area contributed by atoms with Crippen LogP contribution in [0.5, 0.6) is 5.75 Å². The van der Waals surface area contributed by atoms with Crippen LogP contribution in [0.4, 0.5) is 5.69 Å². The van der Waals surface area contributed by atoms with Gasteiger partial charge in [-0.15, -0.1) is 0 Å².